The largest absolute Gasteiger partial charge is 0.394 e. The van der Waals surface area contributed by atoms with Crippen molar-refractivity contribution in [3.05, 3.63) is 88.5 Å². The van der Waals surface area contributed by atoms with Crippen molar-refractivity contribution in [1.29, 1.82) is 0 Å². The summed E-state index contributed by atoms with van der Waals surface area (Å²) >= 11 is 0. The third kappa shape index (κ3) is 3.97. The van der Waals surface area contributed by atoms with E-state index < -0.39 is 48.5 Å². The summed E-state index contributed by atoms with van der Waals surface area (Å²) in [5, 5.41) is 32.5. The van der Waals surface area contributed by atoms with Crippen molar-refractivity contribution >= 4 is 28.9 Å². The van der Waals surface area contributed by atoms with E-state index in [-0.39, 0.29) is 28.2 Å². The Morgan fingerprint density at radius 1 is 0.972 bits per heavy atom. The van der Waals surface area contributed by atoms with Crippen molar-refractivity contribution in [3.63, 3.8) is 0 Å². The Labute approximate surface area is 203 Å². The predicted octanol–water partition coefficient (Wildman–Crippen LogP) is 0.145. The van der Waals surface area contributed by atoms with Crippen LogP contribution in [-0.2, 0) is 4.74 Å². The number of carbonyl (C=O) groups is 2. The summed E-state index contributed by atoms with van der Waals surface area (Å²) in [5.41, 5.74) is -0.742. The maximum atomic E-state index is 13.5. The molecule has 2 aromatic carbocycles. The maximum Gasteiger partial charge on any atom is 0.290 e. The standard InChI is InChI=1S/C24H21N5O7/c30-11-15-17(31)18(32)23(36-15)28-12-25-16-19(28)26-24(27-20(33)13-7-3-1-4-8-13)29(22(16)35)21(34)14-9-5-2-6-10-14/h1-10,12,15,17-18,23,30-32H,11H2,(H,26,27,33)/t15-,17-,18-,23-/m1/s1. The molecule has 4 aromatic rings. The summed E-state index contributed by atoms with van der Waals surface area (Å²) in [7, 11) is 0. The first-order valence-corrected chi connectivity index (χ1v) is 11.0. The SMILES string of the molecule is O=C(Nc1nc2c(ncn2[C@@H]2O[C@H](CO)[C@@H](O)[C@H]2O)c(=O)n1C(=O)c1ccccc1)c1ccccc1. The highest BCUT2D eigenvalue weighted by atomic mass is 16.6. The van der Waals surface area contributed by atoms with Gasteiger partial charge in [-0.05, 0) is 24.3 Å². The molecule has 184 valence electrons. The molecule has 0 bridgehead atoms. The van der Waals surface area contributed by atoms with Crippen LogP contribution in [0.1, 0.15) is 26.9 Å². The molecule has 36 heavy (non-hydrogen) atoms. The Morgan fingerprint density at radius 3 is 2.22 bits per heavy atom. The third-order valence-corrected chi connectivity index (χ3v) is 5.87. The summed E-state index contributed by atoms with van der Waals surface area (Å²) < 4.78 is 7.45. The molecule has 0 saturated carbocycles. The molecule has 0 spiro atoms. The van der Waals surface area contributed by atoms with Crippen LogP contribution >= 0.6 is 0 Å². The molecular weight excluding hydrogens is 470 g/mol. The molecule has 0 aliphatic carbocycles. The Bertz CT molecular complexity index is 1490. The van der Waals surface area contributed by atoms with Crippen LogP contribution in [0.5, 0.6) is 0 Å². The van der Waals surface area contributed by atoms with E-state index in [0.717, 1.165) is 0 Å². The molecule has 1 fully saturated rings. The zero-order valence-electron chi connectivity index (χ0n) is 18.6. The second-order valence-corrected chi connectivity index (χ2v) is 8.12. The lowest BCUT2D eigenvalue weighted by Crippen LogP contribution is -2.34. The van der Waals surface area contributed by atoms with Crippen LogP contribution in [0.15, 0.2) is 71.8 Å². The van der Waals surface area contributed by atoms with Crippen LogP contribution < -0.4 is 10.9 Å². The minimum absolute atomic E-state index is 0.102. The second kappa shape index (κ2) is 9.43. The summed E-state index contributed by atoms with van der Waals surface area (Å²) in [4.78, 5) is 48.1. The van der Waals surface area contributed by atoms with Gasteiger partial charge in [0.05, 0.1) is 12.9 Å². The van der Waals surface area contributed by atoms with Gasteiger partial charge in [-0.15, -0.1) is 0 Å². The first kappa shape index (κ1) is 23.5. The number of aliphatic hydroxyl groups is 3. The number of nitrogens with one attached hydrogen (secondary N) is 1. The van der Waals surface area contributed by atoms with E-state index in [1.807, 2.05) is 0 Å². The number of amides is 1. The van der Waals surface area contributed by atoms with Gasteiger partial charge >= 0.3 is 0 Å². The minimum Gasteiger partial charge on any atom is -0.394 e. The highest BCUT2D eigenvalue weighted by Gasteiger charge is 2.44. The summed E-state index contributed by atoms with van der Waals surface area (Å²) in [6.07, 6.45) is -3.99. The smallest absolute Gasteiger partial charge is 0.290 e. The van der Waals surface area contributed by atoms with Crippen LogP contribution in [0.2, 0.25) is 0 Å². The number of carbonyl (C=O) groups excluding carboxylic acids is 2. The van der Waals surface area contributed by atoms with E-state index in [9.17, 15) is 29.7 Å². The highest BCUT2D eigenvalue weighted by molar-refractivity contribution is 6.06. The van der Waals surface area contributed by atoms with Gasteiger partial charge in [-0.2, -0.15) is 4.98 Å². The molecule has 3 heterocycles. The molecular formula is C24H21N5O7. The van der Waals surface area contributed by atoms with Gasteiger partial charge in [0.25, 0.3) is 17.4 Å². The first-order valence-electron chi connectivity index (χ1n) is 11.0. The lowest BCUT2D eigenvalue weighted by Gasteiger charge is -2.17. The molecule has 4 atom stereocenters. The molecule has 1 saturated heterocycles. The van der Waals surface area contributed by atoms with E-state index in [1.165, 1.54) is 23.0 Å². The van der Waals surface area contributed by atoms with Crippen LogP contribution in [0.3, 0.4) is 0 Å². The number of ether oxygens (including phenoxy) is 1. The fourth-order valence-electron chi connectivity index (χ4n) is 4.01. The van der Waals surface area contributed by atoms with Crippen LogP contribution in [0.4, 0.5) is 5.95 Å². The molecule has 1 aliphatic rings. The molecule has 2 aromatic heterocycles. The lowest BCUT2D eigenvalue weighted by molar-refractivity contribution is -0.0511. The number of hydrogen-bond donors (Lipinski definition) is 4. The van der Waals surface area contributed by atoms with Crippen molar-refractivity contribution in [1.82, 2.24) is 19.1 Å². The van der Waals surface area contributed by atoms with Crippen molar-refractivity contribution in [2.24, 2.45) is 0 Å². The Morgan fingerprint density at radius 2 is 1.61 bits per heavy atom. The maximum absolute atomic E-state index is 13.5. The van der Waals surface area contributed by atoms with Gasteiger partial charge in [0.1, 0.15) is 18.3 Å². The number of hydrogen-bond acceptors (Lipinski definition) is 9. The monoisotopic (exact) mass is 491 g/mol. The zero-order chi connectivity index (χ0) is 25.4. The first-order chi connectivity index (χ1) is 17.4. The Balaban J connectivity index is 1.66. The van der Waals surface area contributed by atoms with Gasteiger partial charge in [-0.3, -0.25) is 24.3 Å². The molecule has 0 unspecified atom stereocenters. The predicted molar refractivity (Wildman–Crippen MR) is 125 cm³/mol. The number of benzene rings is 2. The third-order valence-electron chi connectivity index (χ3n) is 5.87. The number of rotatable bonds is 5. The molecule has 12 heteroatoms. The average molecular weight is 491 g/mol. The highest BCUT2D eigenvalue weighted by Crippen LogP contribution is 2.31. The van der Waals surface area contributed by atoms with Crippen molar-refractivity contribution < 1.29 is 29.6 Å². The minimum atomic E-state index is -1.46. The van der Waals surface area contributed by atoms with E-state index in [1.54, 1.807) is 48.5 Å². The molecule has 12 nitrogen and oxygen atoms in total. The normalized spacial score (nSPS) is 21.5. The van der Waals surface area contributed by atoms with E-state index in [0.29, 0.717) is 4.57 Å². The molecule has 5 rings (SSSR count). The fourth-order valence-corrected chi connectivity index (χ4v) is 4.01. The number of fused-ring (bicyclic) bond motifs is 1. The quantitative estimate of drug-likeness (QED) is 0.303. The zero-order valence-corrected chi connectivity index (χ0v) is 18.6. The lowest BCUT2D eigenvalue weighted by atomic mass is 10.1. The number of imidazole rings is 1. The van der Waals surface area contributed by atoms with E-state index >= 15 is 0 Å². The fraction of sp³-hybridized carbons (Fsp3) is 0.208. The topological polar surface area (TPSA) is 169 Å². The molecule has 1 amide bonds. The second-order valence-electron chi connectivity index (χ2n) is 8.12. The summed E-state index contributed by atoms with van der Waals surface area (Å²) in [6, 6.07) is 16.1. The van der Waals surface area contributed by atoms with E-state index in [4.69, 9.17) is 4.74 Å². The molecule has 0 radical (unpaired) electrons. The Kier molecular flexibility index (Phi) is 6.16. The van der Waals surface area contributed by atoms with Crippen molar-refractivity contribution in [2.75, 3.05) is 11.9 Å². The summed E-state index contributed by atoms with van der Waals surface area (Å²) in [6.45, 7) is -0.550. The number of aromatic nitrogens is 4. The molecule has 1 aliphatic heterocycles. The van der Waals surface area contributed by atoms with Crippen LogP contribution in [0, 0.1) is 0 Å². The number of nitrogens with zero attached hydrogens (tertiary/aromatic N) is 4. The van der Waals surface area contributed by atoms with Gasteiger partial charge in [0, 0.05) is 11.1 Å². The molecule has 4 N–H and O–H groups in total. The van der Waals surface area contributed by atoms with E-state index in [2.05, 4.69) is 15.3 Å². The average Bonchev–Trinajstić information content (AvgIpc) is 3.45. The number of aliphatic hydroxyl groups excluding tert-OH is 3. The van der Waals surface area contributed by atoms with Crippen molar-refractivity contribution in [2.45, 2.75) is 24.5 Å². The van der Waals surface area contributed by atoms with Gasteiger partial charge < -0.3 is 20.1 Å². The van der Waals surface area contributed by atoms with Gasteiger partial charge in [-0.25, -0.2) is 9.55 Å². The van der Waals surface area contributed by atoms with Crippen LogP contribution in [-0.4, -0.2) is 71.2 Å². The number of anilines is 1. The van der Waals surface area contributed by atoms with Gasteiger partial charge in [0.2, 0.25) is 5.95 Å². The van der Waals surface area contributed by atoms with Gasteiger partial charge in [-0.1, -0.05) is 36.4 Å². The summed E-state index contributed by atoms with van der Waals surface area (Å²) in [5.74, 6) is -1.72. The van der Waals surface area contributed by atoms with Crippen molar-refractivity contribution in [3.8, 4) is 0 Å². The Hall–Kier alpha value is -4.23. The van der Waals surface area contributed by atoms with Gasteiger partial charge in [0.15, 0.2) is 17.4 Å². The van der Waals surface area contributed by atoms with Crippen LogP contribution in [0.25, 0.3) is 11.2 Å².